The molecule has 0 fully saturated rings. The molecule has 0 radical (unpaired) electrons. The van der Waals surface area contributed by atoms with Crippen LogP contribution in [0.1, 0.15) is 27.9 Å². The molecule has 0 aliphatic heterocycles. The van der Waals surface area contributed by atoms with Crippen molar-refractivity contribution in [3.8, 4) is 5.75 Å². The molecule has 0 aliphatic rings. The molecule has 0 amide bonds. The van der Waals surface area contributed by atoms with Crippen LogP contribution in [-0.2, 0) is 13.2 Å². The molecule has 0 saturated heterocycles. The van der Waals surface area contributed by atoms with E-state index in [2.05, 4.69) is 59.8 Å². The molecule has 28 heavy (non-hydrogen) atoms. The highest BCUT2D eigenvalue weighted by Crippen LogP contribution is 2.24. The van der Waals surface area contributed by atoms with Crippen LogP contribution in [0.3, 0.4) is 0 Å². The van der Waals surface area contributed by atoms with Crippen molar-refractivity contribution in [3.63, 3.8) is 0 Å². The van der Waals surface area contributed by atoms with Crippen LogP contribution >= 0.6 is 12.2 Å². The van der Waals surface area contributed by atoms with E-state index in [9.17, 15) is 0 Å². The maximum Gasteiger partial charge on any atom is 0.175 e. The van der Waals surface area contributed by atoms with Gasteiger partial charge in [0.05, 0.1) is 0 Å². The Balaban J connectivity index is 1.66. The average Bonchev–Trinajstić information content (AvgIpc) is 2.69. The van der Waals surface area contributed by atoms with Gasteiger partial charge >= 0.3 is 0 Å². The number of rotatable bonds is 6. The highest BCUT2D eigenvalue weighted by Gasteiger charge is 2.09. The number of pyridine rings is 1. The molecule has 0 unspecified atom stereocenters. The van der Waals surface area contributed by atoms with Gasteiger partial charge in [0, 0.05) is 12.2 Å². The first-order chi connectivity index (χ1) is 13.5. The van der Waals surface area contributed by atoms with E-state index in [-0.39, 0.29) is 0 Å². The van der Waals surface area contributed by atoms with E-state index in [1.165, 1.54) is 11.1 Å². The van der Waals surface area contributed by atoms with Gasteiger partial charge in [-0.05, 0) is 61.8 Å². The fraction of sp³-hybridized carbons (Fsp3) is 0.217. The highest BCUT2D eigenvalue weighted by molar-refractivity contribution is 7.80. The molecule has 1 heterocycles. The quantitative estimate of drug-likeness (QED) is 0.574. The smallest absolute Gasteiger partial charge is 0.175 e. The zero-order chi connectivity index (χ0) is 19.9. The van der Waals surface area contributed by atoms with Gasteiger partial charge in [0.1, 0.15) is 6.61 Å². The Kier molecular flexibility index (Phi) is 6.61. The molecule has 0 aliphatic carbocycles. The second-order valence-corrected chi connectivity index (χ2v) is 7.22. The number of aryl methyl sites for hydroxylation is 3. The van der Waals surface area contributed by atoms with Crippen LogP contribution in [0, 0.1) is 20.8 Å². The Morgan fingerprint density at radius 2 is 1.79 bits per heavy atom. The van der Waals surface area contributed by atoms with Crippen molar-refractivity contribution >= 4 is 23.1 Å². The van der Waals surface area contributed by atoms with Crippen LogP contribution in [0.2, 0.25) is 0 Å². The van der Waals surface area contributed by atoms with Crippen molar-refractivity contribution in [2.24, 2.45) is 0 Å². The SMILES string of the molecule is Cc1ccc(C)c(COc2ccc(C)nc2NC(=S)NCc2ccccc2)c1. The van der Waals surface area contributed by atoms with Gasteiger partial charge < -0.3 is 15.4 Å². The Labute approximate surface area is 172 Å². The standard InChI is InChI=1S/C23H25N3OS/c1-16-9-10-17(2)20(13-16)15-27-21-12-11-18(3)25-22(21)26-23(28)24-14-19-7-5-4-6-8-19/h4-13H,14-15H2,1-3H3,(H2,24,25,26,28). The Hall–Kier alpha value is -2.92. The summed E-state index contributed by atoms with van der Waals surface area (Å²) < 4.78 is 6.07. The molecule has 0 atom stereocenters. The van der Waals surface area contributed by atoms with E-state index >= 15 is 0 Å². The first kappa shape index (κ1) is 19.8. The summed E-state index contributed by atoms with van der Waals surface area (Å²) >= 11 is 5.44. The summed E-state index contributed by atoms with van der Waals surface area (Å²) in [7, 11) is 0. The third kappa shape index (κ3) is 5.54. The minimum atomic E-state index is 0.483. The van der Waals surface area contributed by atoms with Crippen molar-refractivity contribution in [1.29, 1.82) is 0 Å². The molecular weight excluding hydrogens is 366 g/mol. The van der Waals surface area contributed by atoms with Crippen molar-refractivity contribution in [2.45, 2.75) is 33.9 Å². The third-order valence-corrected chi connectivity index (χ3v) is 4.66. The highest BCUT2D eigenvalue weighted by atomic mass is 32.1. The molecule has 3 rings (SSSR count). The van der Waals surface area contributed by atoms with Crippen LogP contribution in [0.15, 0.2) is 60.7 Å². The van der Waals surface area contributed by atoms with Crippen LogP contribution in [0.25, 0.3) is 0 Å². The van der Waals surface area contributed by atoms with Gasteiger partial charge in [-0.25, -0.2) is 4.98 Å². The lowest BCUT2D eigenvalue weighted by atomic mass is 10.1. The van der Waals surface area contributed by atoms with Crippen LogP contribution < -0.4 is 15.4 Å². The van der Waals surface area contributed by atoms with E-state index in [0.717, 1.165) is 16.8 Å². The summed E-state index contributed by atoms with van der Waals surface area (Å²) in [5.41, 5.74) is 5.65. The normalized spacial score (nSPS) is 10.4. The minimum absolute atomic E-state index is 0.483. The van der Waals surface area contributed by atoms with Gasteiger partial charge in [0.15, 0.2) is 16.7 Å². The number of aromatic nitrogens is 1. The molecule has 0 saturated carbocycles. The largest absolute Gasteiger partial charge is 0.485 e. The second kappa shape index (κ2) is 9.33. The number of thiocarbonyl (C=S) groups is 1. The summed E-state index contributed by atoms with van der Waals surface area (Å²) in [6.07, 6.45) is 0. The van der Waals surface area contributed by atoms with E-state index < -0.39 is 0 Å². The molecule has 3 aromatic rings. The lowest BCUT2D eigenvalue weighted by Crippen LogP contribution is -2.28. The maximum absolute atomic E-state index is 6.07. The fourth-order valence-corrected chi connectivity index (χ4v) is 2.96. The number of ether oxygens (including phenoxy) is 1. The first-order valence-electron chi connectivity index (χ1n) is 9.26. The molecule has 5 heteroatoms. The number of benzene rings is 2. The Morgan fingerprint density at radius 3 is 2.57 bits per heavy atom. The monoisotopic (exact) mass is 391 g/mol. The van der Waals surface area contributed by atoms with Gasteiger partial charge in [0.25, 0.3) is 0 Å². The predicted octanol–water partition coefficient (Wildman–Crippen LogP) is 5.07. The minimum Gasteiger partial charge on any atom is -0.485 e. The van der Waals surface area contributed by atoms with Crippen molar-refractivity contribution in [3.05, 3.63) is 88.6 Å². The molecule has 2 N–H and O–H groups in total. The lowest BCUT2D eigenvalue weighted by molar-refractivity contribution is 0.306. The van der Waals surface area contributed by atoms with Crippen LogP contribution in [-0.4, -0.2) is 10.1 Å². The van der Waals surface area contributed by atoms with Crippen molar-refractivity contribution in [2.75, 3.05) is 5.32 Å². The number of hydrogen-bond acceptors (Lipinski definition) is 3. The maximum atomic E-state index is 6.07. The van der Waals surface area contributed by atoms with E-state index in [4.69, 9.17) is 17.0 Å². The summed E-state index contributed by atoms with van der Waals surface area (Å²) in [5.74, 6) is 1.30. The molecule has 144 valence electrons. The predicted molar refractivity (Wildman–Crippen MR) is 119 cm³/mol. The lowest BCUT2D eigenvalue weighted by Gasteiger charge is -2.15. The van der Waals surface area contributed by atoms with Gasteiger partial charge in [-0.3, -0.25) is 0 Å². The summed E-state index contributed by atoms with van der Waals surface area (Å²) in [5, 5.41) is 6.89. The second-order valence-electron chi connectivity index (χ2n) is 6.81. The molecule has 2 aromatic carbocycles. The number of nitrogens with zero attached hydrogens (tertiary/aromatic N) is 1. The molecule has 1 aromatic heterocycles. The number of hydrogen-bond donors (Lipinski definition) is 2. The van der Waals surface area contributed by atoms with Gasteiger partial charge in [-0.1, -0.05) is 54.1 Å². The van der Waals surface area contributed by atoms with Gasteiger partial charge in [0.2, 0.25) is 0 Å². The molecule has 0 bridgehead atoms. The van der Waals surface area contributed by atoms with Crippen LogP contribution in [0.5, 0.6) is 5.75 Å². The fourth-order valence-electron chi connectivity index (χ4n) is 2.79. The number of anilines is 1. The Morgan fingerprint density at radius 1 is 1.00 bits per heavy atom. The number of nitrogens with one attached hydrogen (secondary N) is 2. The first-order valence-corrected chi connectivity index (χ1v) is 9.67. The van der Waals surface area contributed by atoms with Gasteiger partial charge in [-0.2, -0.15) is 0 Å². The zero-order valence-electron chi connectivity index (χ0n) is 16.5. The summed E-state index contributed by atoms with van der Waals surface area (Å²) in [6.45, 7) is 7.25. The molecular formula is C23H25N3OS. The topological polar surface area (TPSA) is 46.2 Å². The van der Waals surface area contributed by atoms with E-state index in [0.29, 0.717) is 29.8 Å². The van der Waals surface area contributed by atoms with Gasteiger partial charge in [-0.15, -0.1) is 0 Å². The Bertz CT molecular complexity index is 957. The average molecular weight is 392 g/mol. The van der Waals surface area contributed by atoms with Crippen molar-refractivity contribution < 1.29 is 4.74 Å². The van der Waals surface area contributed by atoms with Crippen molar-refractivity contribution in [1.82, 2.24) is 10.3 Å². The summed E-state index contributed by atoms with van der Waals surface area (Å²) in [4.78, 5) is 4.56. The third-order valence-electron chi connectivity index (χ3n) is 4.41. The van der Waals surface area contributed by atoms with E-state index in [1.807, 2.05) is 37.3 Å². The van der Waals surface area contributed by atoms with E-state index in [1.54, 1.807) is 0 Å². The molecule has 0 spiro atoms. The summed E-state index contributed by atoms with van der Waals surface area (Å²) in [6, 6.07) is 20.4. The zero-order valence-corrected chi connectivity index (χ0v) is 17.3. The van der Waals surface area contributed by atoms with Crippen LogP contribution in [0.4, 0.5) is 5.82 Å². The molecule has 4 nitrogen and oxygen atoms in total.